The first-order valence-electron chi connectivity index (χ1n) is 6.13. The van der Waals surface area contributed by atoms with Gasteiger partial charge in [-0.15, -0.1) is 0 Å². The quantitative estimate of drug-likeness (QED) is 0.402. The first-order chi connectivity index (χ1) is 9.95. The van der Waals surface area contributed by atoms with Crippen LogP contribution in [0.2, 0.25) is 0 Å². The Balaban J connectivity index is 2.05. The van der Waals surface area contributed by atoms with Crippen molar-refractivity contribution in [2.45, 2.75) is 6.92 Å². The van der Waals surface area contributed by atoms with E-state index in [-0.39, 0.29) is 16.8 Å². The highest BCUT2D eigenvalue weighted by atomic mass is 127. The predicted molar refractivity (Wildman–Crippen MR) is 95.7 cm³/mol. The molecule has 0 bridgehead atoms. The van der Waals surface area contributed by atoms with Gasteiger partial charge >= 0.3 is 0 Å². The molecule has 0 unspecified atom stereocenters. The fourth-order valence-corrected chi connectivity index (χ4v) is 2.45. The molecule has 0 aliphatic carbocycles. The van der Waals surface area contributed by atoms with E-state index in [1.165, 1.54) is 0 Å². The zero-order chi connectivity index (χ0) is 15.4. The maximum atomic E-state index is 12.0. The van der Waals surface area contributed by atoms with Crippen molar-refractivity contribution < 1.29 is 9.90 Å². The number of aromatic hydroxyl groups is 1. The normalized spacial score (nSPS) is 10.0. The standard InChI is InChI=1S/C15H13IN2O2S/c1-9-5-6-13(19)12(7-9)17-15(21)18-14(20)10-3-2-4-11(16)8-10/h2-8,19H,1H3,(H2,17,18,20,21). The van der Waals surface area contributed by atoms with Gasteiger partial charge in [-0.1, -0.05) is 12.1 Å². The molecule has 0 fully saturated rings. The second-order valence-electron chi connectivity index (χ2n) is 4.44. The van der Waals surface area contributed by atoms with Gasteiger partial charge in [0.1, 0.15) is 5.75 Å². The van der Waals surface area contributed by atoms with Gasteiger partial charge in [0.25, 0.3) is 5.91 Å². The minimum absolute atomic E-state index is 0.0754. The van der Waals surface area contributed by atoms with E-state index in [4.69, 9.17) is 12.2 Å². The number of anilines is 1. The monoisotopic (exact) mass is 412 g/mol. The number of carbonyl (C=O) groups is 1. The van der Waals surface area contributed by atoms with E-state index in [0.717, 1.165) is 9.13 Å². The van der Waals surface area contributed by atoms with E-state index in [1.807, 2.05) is 13.0 Å². The number of hydrogen-bond donors (Lipinski definition) is 3. The van der Waals surface area contributed by atoms with Gasteiger partial charge in [0.05, 0.1) is 5.69 Å². The second kappa shape index (κ2) is 6.86. The molecule has 1 amide bonds. The number of hydrogen-bond acceptors (Lipinski definition) is 3. The third kappa shape index (κ3) is 4.40. The largest absolute Gasteiger partial charge is 0.506 e. The number of aryl methyl sites for hydroxylation is 1. The molecular weight excluding hydrogens is 399 g/mol. The number of halogens is 1. The van der Waals surface area contributed by atoms with Crippen molar-refractivity contribution in [1.82, 2.24) is 5.32 Å². The lowest BCUT2D eigenvalue weighted by atomic mass is 10.2. The highest BCUT2D eigenvalue weighted by Crippen LogP contribution is 2.23. The fourth-order valence-electron chi connectivity index (χ4n) is 1.71. The number of rotatable bonds is 2. The first kappa shape index (κ1) is 15.7. The maximum Gasteiger partial charge on any atom is 0.257 e. The van der Waals surface area contributed by atoms with Crippen LogP contribution in [0, 0.1) is 10.5 Å². The molecular formula is C15H13IN2O2S. The van der Waals surface area contributed by atoms with Crippen molar-refractivity contribution in [1.29, 1.82) is 0 Å². The molecule has 2 aromatic rings. The molecule has 0 saturated heterocycles. The molecule has 21 heavy (non-hydrogen) atoms. The van der Waals surface area contributed by atoms with Crippen molar-refractivity contribution in [2.24, 2.45) is 0 Å². The Labute approximate surface area is 141 Å². The minimum Gasteiger partial charge on any atom is -0.506 e. The molecule has 3 N–H and O–H groups in total. The molecule has 0 heterocycles. The lowest BCUT2D eigenvalue weighted by Crippen LogP contribution is -2.34. The Morgan fingerprint density at radius 1 is 1.24 bits per heavy atom. The van der Waals surface area contributed by atoms with Crippen LogP contribution < -0.4 is 10.6 Å². The van der Waals surface area contributed by atoms with Gasteiger partial charge in [-0.05, 0) is 77.6 Å². The summed E-state index contributed by atoms with van der Waals surface area (Å²) in [4.78, 5) is 12.0. The molecule has 0 radical (unpaired) electrons. The molecule has 6 heteroatoms. The number of phenols is 1. The summed E-state index contributed by atoms with van der Waals surface area (Å²) in [6, 6.07) is 12.3. The van der Waals surface area contributed by atoms with E-state index in [1.54, 1.807) is 36.4 Å². The van der Waals surface area contributed by atoms with E-state index in [2.05, 4.69) is 33.2 Å². The van der Waals surface area contributed by atoms with Gasteiger partial charge in [-0.3, -0.25) is 10.1 Å². The molecule has 0 aliphatic rings. The summed E-state index contributed by atoms with van der Waals surface area (Å²) in [5, 5.41) is 15.3. The maximum absolute atomic E-state index is 12.0. The summed E-state index contributed by atoms with van der Waals surface area (Å²) in [6.07, 6.45) is 0. The topological polar surface area (TPSA) is 61.4 Å². The summed E-state index contributed by atoms with van der Waals surface area (Å²) < 4.78 is 0.968. The van der Waals surface area contributed by atoms with E-state index < -0.39 is 0 Å². The van der Waals surface area contributed by atoms with Crippen molar-refractivity contribution >= 4 is 51.5 Å². The average Bonchev–Trinajstić information content (AvgIpc) is 2.42. The number of carbonyl (C=O) groups excluding carboxylic acids is 1. The molecule has 0 atom stereocenters. The molecule has 0 spiro atoms. The van der Waals surface area contributed by atoms with Crippen molar-refractivity contribution in [2.75, 3.05) is 5.32 Å². The smallest absolute Gasteiger partial charge is 0.257 e. The number of phenolic OH excluding ortho intramolecular Hbond substituents is 1. The Hall–Kier alpha value is -1.67. The van der Waals surface area contributed by atoms with Gasteiger partial charge in [0.2, 0.25) is 0 Å². The van der Waals surface area contributed by atoms with Crippen molar-refractivity contribution in [3.63, 3.8) is 0 Å². The number of thiocarbonyl (C=S) groups is 1. The average molecular weight is 412 g/mol. The molecule has 108 valence electrons. The summed E-state index contributed by atoms with van der Waals surface area (Å²) in [6.45, 7) is 1.90. The van der Waals surface area contributed by atoms with Crippen LogP contribution in [0.1, 0.15) is 15.9 Å². The zero-order valence-corrected chi connectivity index (χ0v) is 14.2. The van der Waals surface area contributed by atoms with Crippen molar-refractivity contribution in [3.8, 4) is 5.75 Å². The lowest BCUT2D eigenvalue weighted by molar-refractivity contribution is 0.0977. The van der Waals surface area contributed by atoms with Crippen LogP contribution >= 0.6 is 34.8 Å². The van der Waals surface area contributed by atoms with Crippen LogP contribution in [0.25, 0.3) is 0 Å². The van der Waals surface area contributed by atoms with Crippen LogP contribution in [0.3, 0.4) is 0 Å². The van der Waals surface area contributed by atoms with Gasteiger partial charge in [-0.25, -0.2) is 0 Å². The number of benzene rings is 2. The van der Waals surface area contributed by atoms with Crippen LogP contribution in [0.5, 0.6) is 5.75 Å². The van der Waals surface area contributed by atoms with Gasteiger partial charge in [-0.2, -0.15) is 0 Å². The summed E-state index contributed by atoms with van der Waals surface area (Å²) in [5.74, 6) is -0.218. The third-order valence-electron chi connectivity index (χ3n) is 2.71. The number of nitrogens with one attached hydrogen (secondary N) is 2. The number of amides is 1. The Kier molecular flexibility index (Phi) is 5.13. The Bertz CT molecular complexity index is 704. The zero-order valence-electron chi connectivity index (χ0n) is 11.2. The van der Waals surface area contributed by atoms with Crippen LogP contribution in [-0.2, 0) is 0 Å². The molecule has 2 rings (SSSR count). The first-order valence-corrected chi connectivity index (χ1v) is 7.62. The summed E-state index contributed by atoms with van der Waals surface area (Å²) in [5.41, 5.74) is 1.96. The SMILES string of the molecule is Cc1ccc(O)c(NC(=S)NC(=O)c2cccc(I)c2)c1. The Morgan fingerprint density at radius 3 is 2.71 bits per heavy atom. The van der Waals surface area contributed by atoms with Gasteiger partial charge < -0.3 is 10.4 Å². The van der Waals surface area contributed by atoms with Crippen molar-refractivity contribution in [3.05, 3.63) is 57.2 Å². The lowest BCUT2D eigenvalue weighted by Gasteiger charge is -2.11. The Morgan fingerprint density at radius 2 is 2.00 bits per heavy atom. The molecule has 0 saturated carbocycles. The fraction of sp³-hybridized carbons (Fsp3) is 0.0667. The van der Waals surface area contributed by atoms with Crippen LogP contribution in [0.4, 0.5) is 5.69 Å². The van der Waals surface area contributed by atoms with Crippen LogP contribution in [-0.4, -0.2) is 16.1 Å². The highest BCUT2D eigenvalue weighted by molar-refractivity contribution is 14.1. The molecule has 0 aromatic heterocycles. The molecule has 0 aliphatic heterocycles. The molecule has 2 aromatic carbocycles. The van der Waals surface area contributed by atoms with Gasteiger partial charge in [0, 0.05) is 9.13 Å². The van der Waals surface area contributed by atoms with E-state index in [0.29, 0.717) is 11.3 Å². The van der Waals surface area contributed by atoms with E-state index in [9.17, 15) is 9.90 Å². The minimum atomic E-state index is -0.293. The summed E-state index contributed by atoms with van der Waals surface area (Å²) >= 11 is 7.23. The third-order valence-corrected chi connectivity index (χ3v) is 3.59. The molecule has 4 nitrogen and oxygen atoms in total. The highest BCUT2D eigenvalue weighted by Gasteiger charge is 2.09. The predicted octanol–water partition coefficient (Wildman–Crippen LogP) is 3.43. The van der Waals surface area contributed by atoms with Crippen LogP contribution in [0.15, 0.2) is 42.5 Å². The summed E-state index contributed by atoms with van der Waals surface area (Å²) in [7, 11) is 0. The van der Waals surface area contributed by atoms with E-state index >= 15 is 0 Å². The van der Waals surface area contributed by atoms with Gasteiger partial charge in [0.15, 0.2) is 5.11 Å². The second-order valence-corrected chi connectivity index (χ2v) is 6.09.